The van der Waals surface area contributed by atoms with Crippen LogP contribution in [0.3, 0.4) is 0 Å². The number of nitrogens with zero attached hydrogens (tertiary/aromatic N) is 1. The van der Waals surface area contributed by atoms with E-state index in [9.17, 15) is 4.79 Å². The normalized spacial score (nSPS) is 17.5. The Hall–Kier alpha value is -2.33. The second-order valence-electron chi connectivity index (χ2n) is 7.60. The average molecular weight is 367 g/mol. The highest BCUT2D eigenvalue weighted by Crippen LogP contribution is 2.18. The molecule has 0 bridgehead atoms. The second-order valence-corrected chi connectivity index (χ2v) is 7.60. The molecule has 0 aromatic heterocycles. The second kappa shape index (κ2) is 9.56. The monoisotopic (exact) mass is 366 g/mol. The molecule has 2 aromatic carbocycles. The van der Waals surface area contributed by atoms with E-state index in [1.165, 1.54) is 31.5 Å². The number of carbonyl (C=O) groups excluding carboxylic acids is 1. The Morgan fingerprint density at radius 3 is 2.67 bits per heavy atom. The number of hydrogen-bond donors (Lipinski definition) is 1. The molecule has 0 aliphatic carbocycles. The number of ether oxygens (including phenoxy) is 1. The van der Waals surface area contributed by atoms with Gasteiger partial charge >= 0.3 is 0 Å². The van der Waals surface area contributed by atoms with Gasteiger partial charge in [-0.2, -0.15) is 0 Å². The lowest BCUT2D eigenvalue weighted by Crippen LogP contribution is -2.33. The molecule has 4 nitrogen and oxygen atoms in total. The highest BCUT2D eigenvalue weighted by atomic mass is 16.5. The lowest BCUT2D eigenvalue weighted by Gasteiger charge is -2.30. The molecule has 1 heterocycles. The van der Waals surface area contributed by atoms with Crippen LogP contribution in [0.5, 0.6) is 5.75 Å². The Bertz CT molecular complexity index is 742. The first-order valence-electron chi connectivity index (χ1n) is 9.82. The number of benzene rings is 2. The zero-order chi connectivity index (χ0) is 19.1. The maximum atomic E-state index is 12.2. The minimum atomic E-state index is 0.0228. The third-order valence-electron chi connectivity index (χ3n) is 5.16. The molecular formula is C23H30N2O2. The van der Waals surface area contributed by atoms with Gasteiger partial charge in [-0.15, -0.1) is 0 Å². The van der Waals surface area contributed by atoms with Crippen molar-refractivity contribution >= 4 is 5.91 Å². The maximum Gasteiger partial charge on any atom is 0.224 e. The molecule has 144 valence electrons. The van der Waals surface area contributed by atoms with Gasteiger partial charge in [-0.3, -0.25) is 9.69 Å². The Kier molecular flexibility index (Phi) is 6.88. The van der Waals surface area contributed by atoms with Crippen molar-refractivity contribution in [1.82, 2.24) is 10.2 Å². The molecule has 1 N–H and O–H groups in total. The van der Waals surface area contributed by atoms with Gasteiger partial charge in [0.1, 0.15) is 5.75 Å². The van der Waals surface area contributed by atoms with Crippen LogP contribution in [-0.4, -0.2) is 31.0 Å². The Labute approximate surface area is 162 Å². The third-order valence-corrected chi connectivity index (χ3v) is 5.16. The summed E-state index contributed by atoms with van der Waals surface area (Å²) >= 11 is 0. The van der Waals surface area contributed by atoms with E-state index in [1.54, 1.807) is 7.11 Å². The highest BCUT2D eigenvalue weighted by Gasteiger charge is 2.16. The van der Waals surface area contributed by atoms with E-state index in [1.807, 2.05) is 24.3 Å². The van der Waals surface area contributed by atoms with Crippen molar-refractivity contribution in [3.05, 3.63) is 65.2 Å². The molecule has 0 spiro atoms. The quantitative estimate of drug-likeness (QED) is 0.811. The fourth-order valence-electron chi connectivity index (χ4n) is 3.68. The van der Waals surface area contributed by atoms with Crippen molar-refractivity contribution in [2.45, 2.75) is 39.3 Å². The predicted molar refractivity (Wildman–Crippen MR) is 109 cm³/mol. The molecule has 2 aromatic rings. The van der Waals surface area contributed by atoms with E-state index in [0.29, 0.717) is 13.0 Å². The van der Waals surface area contributed by atoms with Gasteiger partial charge in [0, 0.05) is 19.6 Å². The van der Waals surface area contributed by atoms with Crippen LogP contribution in [0, 0.1) is 5.92 Å². The topological polar surface area (TPSA) is 41.6 Å². The van der Waals surface area contributed by atoms with Crippen LogP contribution in [0.15, 0.2) is 48.5 Å². The Balaban J connectivity index is 1.45. The van der Waals surface area contributed by atoms with Crippen molar-refractivity contribution < 1.29 is 9.53 Å². The molecule has 1 amide bonds. The summed E-state index contributed by atoms with van der Waals surface area (Å²) in [6.45, 7) is 6.31. The predicted octanol–water partition coefficient (Wildman–Crippen LogP) is 3.79. The molecule has 4 heteroatoms. The van der Waals surface area contributed by atoms with Crippen molar-refractivity contribution in [2.24, 2.45) is 5.92 Å². The number of methoxy groups -OCH3 is 1. The molecule has 1 fully saturated rings. The summed E-state index contributed by atoms with van der Waals surface area (Å²) in [6.07, 6.45) is 3.02. The van der Waals surface area contributed by atoms with Gasteiger partial charge in [0.2, 0.25) is 5.91 Å². The maximum absolute atomic E-state index is 12.2. The van der Waals surface area contributed by atoms with Crippen molar-refractivity contribution in [1.29, 1.82) is 0 Å². The van der Waals surface area contributed by atoms with Crippen LogP contribution < -0.4 is 10.1 Å². The summed E-state index contributed by atoms with van der Waals surface area (Å²) in [7, 11) is 1.63. The molecule has 3 rings (SSSR count). The smallest absolute Gasteiger partial charge is 0.224 e. The van der Waals surface area contributed by atoms with Crippen LogP contribution >= 0.6 is 0 Å². The van der Waals surface area contributed by atoms with E-state index >= 15 is 0 Å². The molecule has 1 atom stereocenters. The summed E-state index contributed by atoms with van der Waals surface area (Å²) in [4.78, 5) is 14.7. The molecule has 1 aliphatic rings. The Morgan fingerprint density at radius 1 is 1.15 bits per heavy atom. The van der Waals surface area contributed by atoms with Crippen molar-refractivity contribution in [3.8, 4) is 5.75 Å². The van der Waals surface area contributed by atoms with Crippen LogP contribution in [0.4, 0.5) is 0 Å². The summed E-state index contributed by atoms with van der Waals surface area (Å²) in [5, 5.41) is 3.00. The molecular weight excluding hydrogens is 336 g/mol. The minimum absolute atomic E-state index is 0.0228. The number of piperidine rings is 1. The van der Waals surface area contributed by atoms with Gasteiger partial charge in [-0.1, -0.05) is 43.3 Å². The highest BCUT2D eigenvalue weighted by molar-refractivity contribution is 5.78. The number of rotatable bonds is 7. The van der Waals surface area contributed by atoms with Crippen LogP contribution in [0.25, 0.3) is 0 Å². The molecule has 1 unspecified atom stereocenters. The lowest BCUT2D eigenvalue weighted by atomic mass is 9.99. The molecule has 0 radical (unpaired) electrons. The summed E-state index contributed by atoms with van der Waals surface area (Å²) in [6, 6.07) is 16.2. The third kappa shape index (κ3) is 6.10. The Morgan fingerprint density at radius 2 is 1.93 bits per heavy atom. The van der Waals surface area contributed by atoms with Crippen LogP contribution in [0.2, 0.25) is 0 Å². The first kappa shape index (κ1) is 19.4. The molecule has 1 saturated heterocycles. The molecule has 27 heavy (non-hydrogen) atoms. The van der Waals surface area contributed by atoms with Gasteiger partial charge in [-0.25, -0.2) is 0 Å². The standard InChI is InChI=1S/C23H30N2O2/c1-18-5-4-12-25(16-18)17-20-10-8-19(9-11-20)15-24-23(26)14-21-6-3-7-22(13-21)27-2/h3,6-11,13,18H,4-5,12,14-17H2,1-2H3,(H,24,26). The summed E-state index contributed by atoms with van der Waals surface area (Å²) in [5.74, 6) is 1.60. The van der Waals surface area contributed by atoms with Crippen LogP contribution in [0.1, 0.15) is 36.5 Å². The van der Waals surface area contributed by atoms with E-state index in [-0.39, 0.29) is 5.91 Å². The number of likely N-dealkylation sites (tertiary alicyclic amines) is 1. The summed E-state index contributed by atoms with van der Waals surface area (Å²) in [5.41, 5.74) is 3.43. The van der Waals surface area contributed by atoms with E-state index in [2.05, 4.69) is 41.4 Å². The summed E-state index contributed by atoms with van der Waals surface area (Å²) < 4.78 is 5.20. The molecule has 0 saturated carbocycles. The number of nitrogens with one attached hydrogen (secondary N) is 1. The number of hydrogen-bond acceptors (Lipinski definition) is 3. The first-order valence-corrected chi connectivity index (χ1v) is 9.82. The average Bonchev–Trinajstić information content (AvgIpc) is 2.68. The zero-order valence-electron chi connectivity index (χ0n) is 16.4. The van der Waals surface area contributed by atoms with Crippen molar-refractivity contribution in [3.63, 3.8) is 0 Å². The first-order chi connectivity index (χ1) is 13.1. The van der Waals surface area contributed by atoms with E-state index in [0.717, 1.165) is 29.3 Å². The lowest BCUT2D eigenvalue weighted by molar-refractivity contribution is -0.120. The van der Waals surface area contributed by atoms with Gasteiger partial charge in [0.25, 0.3) is 0 Å². The SMILES string of the molecule is COc1cccc(CC(=O)NCc2ccc(CN3CCCC(C)C3)cc2)c1. The zero-order valence-corrected chi connectivity index (χ0v) is 16.4. The van der Waals surface area contributed by atoms with Gasteiger partial charge in [-0.05, 0) is 54.1 Å². The fourth-order valence-corrected chi connectivity index (χ4v) is 3.68. The number of carbonyl (C=O) groups is 1. The largest absolute Gasteiger partial charge is 0.497 e. The minimum Gasteiger partial charge on any atom is -0.497 e. The van der Waals surface area contributed by atoms with Crippen molar-refractivity contribution in [2.75, 3.05) is 20.2 Å². The fraction of sp³-hybridized carbons (Fsp3) is 0.435. The molecule has 1 aliphatic heterocycles. The number of amides is 1. The van der Waals surface area contributed by atoms with E-state index < -0.39 is 0 Å². The van der Waals surface area contributed by atoms with Crippen LogP contribution in [-0.2, 0) is 24.3 Å². The van der Waals surface area contributed by atoms with Gasteiger partial charge in [0.05, 0.1) is 13.5 Å². The van der Waals surface area contributed by atoms with Gasteiger partial charge < -0.3 is 10.1 Å². The van der Waals surface area contributed by atoms with Gasteiger partial charge in [0.15, 0.2) is 0 Å². The van der Waals surface area contributed by atoms with E-state index in [4.69, 9.17) is 4.74 Å².